The Balaban J connectivity index is 1.19. The Morgan fingerprint density at radius 1 is 0.971 bits per heavy atom. The first kappa shape index (κ1) is 21.9. The number of hydrogen-bond acceptors (Lipinski definition) is 4. The first-order valence-electron chi connectivity index (χ1n) is 11.7. The number of likely N-dealkylation sites (tertiary alicyclic amines) is 1. The molecule has 0 saturated carbocycles. The maximum absolute atomic E-state index is 12.7. The van der Waals surface area contributed by atoms with Crippen molar-refractivity contribution in [2.75, 3.05) is 23.7 Å². The molecule has 2 heterocycles. The highest BCUT2D eigenvalue weighted by molar-refractivity contribution is 5.94. The van der Waals surface area contributed by atoms with Gasteiger partial charge in [-0.25, -0.2) is 4.79 Å². The number of carbonyl (C=O) groups excluding carboxylic acids is 1. The van der Waals surface area contributed by atoms with Gasteiger partial charge in [0.05, 0.1) is 5.52 Å². The van der Waals surface area contributed by atoms with E-state index in [9.17, 15) is 4.79 Å². The largest absolute Gasteiger partial charge is 0.355 e. The van der Waals surface area contributed by atoms with Gasteiger partial charge in [-0.1, -0.05) is 54.6 Å². The molecule has 3 aromatic carbocycles. The number of aromatic nitrogens is 1. The highest BCUT2D eigenvalue weighted by atomic mass is 16.2. The highest BCUT2D eigenvalue weighted by Gasteiger charge is 2.23. The Kier molecular flexibility index (Phi) is 6.40. The first-order chi connectivity index (χ1) is 16.6. The summed E-state index contributed by atoms with van der Waals surface area (Å²) in [6, 6.07) is 28.3. The molecule has 0 radical (unpaired) electrons. The van der Waals surface area contributed by atoms with E-state index in [0.717, 1.165) is 59.7 Å². The Morgan fingerprint density at radius 2 is 1.76 bits per heavy atom. The molecule has 1 aromatic heterocycles. The summed E-state index contributed by atoms with van der Waals surface area (Å²) in [6.07, 6.45) is 0.955. The zero-order chi connectivity index (χ0) is 23.3. The van der Waals surface area contributed by atoms with Crippen LogP contribution in [-0.4, -0.2) is 35.0 Å². The predicted octanol–water partition coefficient (Wildman–Crippen LogP) is 5.68. The number of hydrogen-bond donors (Lipinski definition) is 3. The molecule has 1 saturated heterocycles. The lowest BCUT2D eigenvalue weighted by molar-refractivity contribution is 0.247. The lowest BCUT2D eigenvalue weighted by atomic mass is 10.1. The molecule has 5 rings (SSSR count). The Hall–Kier alpha value is -3.90. The second kappa shape index (κ2) is 9.93. The summed E-state index contributed by atoms with van der Waals surface area (Å²) in [7, 11) is 0. The number of nitrogens with zero attached hydrogens (tertiary/aromatic N) is 2. The molecule has 1 aliphatic rings. The number of aryl methyl sites for hydroxylation is 1. The van der Waals surface area contributed by atoms with Crippen LogP contribution in [0.1, 0.15) is 17.7 Å². The Bertz CT molecular complexity index is 1290. The molecule has 3 N–H and O–H groups in total. The van der Waals surface area contributed by atoms with Gasteiger partial charge in [0.25, 0.3) is 0 Å². The quantitative estimate of drug-likeness (QED) is 0.353. The van der Waals surface area contributed by atoms with E-state index >= 15 is 0 Å². The van der Waals surface area contributed by atoms with Crippen LogP contribution in [0.2, 0.25) is 0 Å². The zero-order valence-corrected chi connectivity index (χ0v) is 19.3. The minimum absolute atomic E-state index is 0.149. The van der Waals surface area contributed by atoms with Gasteiger partial charge in [-0.05, 0) is 49.2 Å². The molecule has 0 bridgehead atoms. The molecular weight excluding hydrogens is 422 g/mol. The van der Waals surface area contributed by atoms with Crippen LogP contribution < -0.4 is 16.0 Å². The average Bonchev–Trinajstić information content (AvgIpc) is 3.26. The number of nitrogens with one attached hydrogen (secondary N) is 3. The van der Waals surface area contributed by atoms with E-state index in [4.69, 9.17) is 0 Å². The van der Waals surface area contributed by atoms with Crippen molar-refractivity contribution in [3.8, 4) is 0 Å². The third-order valence-electron chi connectivity index (χ3n) is 6.10. The number of anilines is 3. The van der Waals surface area contributed by atoms with Gasteiger partial charge in [-0.2, -0.15) is 0 Å². The monoisotopic (exact) mass is 451 g/mol. The minimum Gasteiger partial charge on any atom is -0.355 e. The second-order valence-electron chi connectivity index (χ2n) is 8.84. The molecule has 1 atom stereocenters. The molecule has 1 fully saturated rings. The zero-order valence-electron chi connectivity index (χ0n) is 19.3. The summed E-state index contributed by atoms with van der Waals surface area (Å²) in [5.41, 5.74) is 5.85. The molecule has 172 valence electrons. The predicted molar refractivity (Wildman–Crippen MR) is 138 cm³/mol. The normalized spacial score (nSPS) is 15.9. The second-order valence-corrected chi connectivity index (χ2v) is 8.84. The molecule has 4 aromatic rings. The van der Waals surface area contributed by atoms with Crippen molar-refractivity contribution >= 4 is 34.0 Å². The van der Waals surface area contributed by atoms with Gasteiger partial charge < -0.3 is 16.0 Å². The number of carbonyl (C=O) groups is 1. The lowest BCUT2D eigenvalue weighted by Crippen LogP contribution is -2.39. The van der Waals surface area contributed by atoms with Gasteiger partial charge in [-0.15, -0.1) is 0 Å². The van der Waals surface area contributed by atoms with E-state index in [-0.39, 0.29) is 12.1 Å². The molecule has 0 aliphatic carbocycles. The fourth-order valence-corrected chi connectivity index (χ4v) is 4.53. The van der Waals surface area contributed by atoms with Crippen LogP contribution in [0.25, 0.3) is 10.9 Å². The first-order valence-corrected chi connectivity index (χ1v) is 11.7. The Labute approximate surface area is 200 Å². The van der Waals surface area contributed by atoms with Crippen molar-refractivity contribution in [1.29, 1.82) is 0 Å². The number of benzene rings is 3. The molecule has 1 aliphatic heterocycles. The molecular formula is C28H29N5O. The van der Waals surface area contributed by atoms with Crippen molar-refractivity contribution in [2.24, 2.45) is 0 Å². The summed E-state index contributed by atoms with van der Waals surface area (Å²) in [5.74, 6) is 0. The van der Waals surface area contributed by atoms with Gasteiger partial charge in [0.2, 0.25) is 0 Å². The molecule has 2 amide bonds. The van der Waals surface area contributed by atoms with E-state index in [1.54, 1.807) is 0 Å². The van der Waals surface area contributed by atoms with E-state index in [2.05, 4.69) is 56.2 Å². The summed E-state index contributed by atoms with van der Waals surface area (Å²) in [6.45, 7) is 4.75. The van der Waals surface area contributed by atoms with Crippen LogP contribution in [0.3, 0.4) is 0 Å². The van der Waals surface area contributed by atoms with Crippen molar-refractivity contribution in [1.82, 2.24) is 15.2 Å². The topological polar surface area (TPSA) is 69.3 Å². The maximum atomic E-state index is 12.7. The van der Waals surface area contributed by atoms with E-state index in [0.29, 0.717) is 0 Å². The van der Waals surface area contributed by atoms with Gasteiger partial charge >= 0.3 is 6.03 Å². The fourth-order valence-electron chi connectivity index (χ4n) is 4.53. The number of urea groups is 1. The van der Waals surface area contributed by atoms with Gasteiger partial charge in [0.15, 0.2) is 0 Å². The standard InChI is InChI=1S/C28H29N5O/c1-20-16-27(25-12-5-6-13-26(25)29-20)30-22-10-7-11-23(17-22)31-28(34)32-24-14-15-33(19-24)18-21-8-3-2-4-9-21/h2-13,16-17,24H,14-15,18-19H2,1H3,(H,29,30)(H2,31,32,34). The number of para-hydroxylation sites is 1. The average molecular weight is 452 g/mol. The van der Waals surface area contributed by atoms with Crippen LogP contribution in [0.4, 0.5) is 21.9 Å². The lowest BCUT2D eigenvalue weighted by Gasteiger charge is -2.17. The van der Waals surface area contributed by atoms with Crippen LogP contribution >= 0.6 is 0 Å². The van der Waals surface area contributed by atoms with Gasteiger partial charge in [0.1, 0.15) is 0 Å². The van der Waals surface area contributed by atoms with Crippen molar-refractivity contribution in [3.63, 3.8) is 0 Å². The van der Waals surface area contributed by atoms with Gasteiger partial charge in [0, 0.05) is 53.8 Å². The molecule has 1 unspecified atom stereocenters. The number of pyridine rings is 1. The SMILES string of the molecule is Cc1cc(Nc2cccc(NC(=O)NC3CCN(Cc4ccccc4)C3)c2)c2ccccc2n1. The third-order valence-corrected chi connectivity index (χ3v) is 6.10. The van der Waals surface area contributed by atoms with Crippen LogP contribution in [-0.2, 0) is 6.54 Å². The molecule has 34 heavy (non-hydrogen) atoms. The molecule has 6 heteroatoms. The van der Waals surface area contributed by atoms with E-state index < -0.39 is 0 Å². The van der Waals surface area contributed by atoms with Crippen molar-refractivity contribution in [3.05, 3.63) is 96.2 Å². The fraction of sp³-hybridized carbons (Fsp3) is 0.214. The van der Waals surface area contributed by atoms with Crippen LogP contribution in [0, 0.1) is 6.92 Å². The summed E-state index contributed by atoms with van der Waals surface area (Å²) < 4.78 is 0. The summed E-state index contributed by atoms with van der Waals surface area (Å²) >= 11 is 0. The minimum atomic E-state index is -0.172. The highest BCUT2D eigenvalue weighted by Crippen LogP contribution is 2.27. The summed E-state index contributed by atoms with van der Waals surface area (Å²) in [5, 5.41) is 10.7. The number of rotatable bonds is 6. The van der Waals surface area contributed by atoms with Crippen LogP contribution in [0.5, 0.6) is 0 Å². The molecule has 6 nitrogen and oxygen atoms in total. The van der Waals surface area contributed by atoms with Gasteiger partial charge in [-0.3, -0.25) is 9.88 Å². The Morgan fingerprint density at radius 3 is 2.65 bits per heavy atom. The molecule has 0 spiro atoms. The third kappa shape index (κ3) is 5.35. The maximum Gasteiger partial charge on any atom is 0.319 e. The van der Waals surface area contributed by atoms with Crippen LogP contribution in [0.15, 0.2) is 84.9 Å². The van der Waals surface area contributed by atoms with Crippen molar-refractivity contribution < 1.29 is 4.79 Å². The van der Waals surface area contributed by atoms with E-state index in [1.165, 1.54) is 5.56 Å². The number of fused-ring (bicyclic) bond motifs is 1. The van der Waals surface area contributed by atoms with Crippen molar-refractivity contribution in [2.45, 2.75) is 25.9 Å². The smallest absolute Gasteiger partial charge is 0.319 e. The summed E-state index contributed by atoms with van der Waals surface area (Å²) in [4.78, 5) is 19.6. The van der Waals surface area contributed by atoms with E-state index in [1.807, 2.05) is 61.5 Å². The number of amides is 2.